The lowest BCUT2D eigenvalue weighted by Gasteiger charge is -2.16. The fourth-order valence-electron chi connectivity index (χ4n) is 2.57. The molecule has 0 aromatic carbocycles. The number of hydrogen-bond donors (Lipinski definition) is 7. The molecule has 2 aromatic heterocycles. The first-order valence-corrected chi connectivity index (χ1v) is 10.3. The zero-order valence-electron chi connectivity index (χ0n) is 15.9. The molecule has 0 unspecified atom stereocenters. The van der Waals surface area contributed by atoms with Crippen LogP contribution in [0.25, 0.3) is 11.2 Å². The predicted molar refractivity (Wildman–Crippen MR) is 102 cm³/mol. The van der Waals surface area contributed by atoms with Crippen LogP contribution in [-0.2, 0) is 13.8 Å². The Balaban J connectivity index is 0.000000396. The first-order chi connectivity index (χ1) is 14.0. The highest BCUT2D eigenvalue weighted by molar-refractivity contribution is 7.46. The number of ether oxygens (including phenoxy) is 1. The highest BCUT2D eigenvalue weighted by Gasteiger charge is 2.45. The Morgan fingerprint density at radius 1 is 1.33 bits per heavy atom. The van der Waals surface area contributed by atoms with Gasteiger partial charge in [-0.15, -0.1) is 0 Å². The fourth-order valence-corrected chi connectivity index (χ4v) is 2.91. The van der Waals surface area contributed by atoms with Gasteiger partial charge in [-0.3, -0.25) is 9.09 Å². The van der Waals surface area contributed by atoms with Gasteiger partial charge in [0.2, 0.25) is 0 Å². The van der Waals surface area contributed by atoms with Crippen LogP contribution in [-0.4, -0.2) is 77.0 Å². The van der Waals surface area contributed by atoms with E-state index in [9.17, 15) is 19.6 Å². The zero-order valence-corrected chi connectivity index (χ0v) is 16.8. The number of aromatic nitrogens is 4. The van der Waals surface area contributed by atoms with Crippen molar-refractivity contribution in [2.75, 3.05) is 18.9 Å². The number of carbonyl (C=O) groups excluding carboxylic acids is 1. The smallest absolute Gasteiger partial charge is 0.387 e. The number of nitrogens with one attached hydrogen (secondary N) is 1. The van der Waals surface area contributed by atoms with Gasteiger partial charge in [-0.2, -0.15) is 0 Å². The molecule has 4 atom stereocenters. The van der Waals surface area contributed by atoms with Crippen molar-refractivity contribution < 1.29 is 38.6 Å². The van der Waals surface area contributed by atoms with E-state index >= 15 is 0 Å². The van der Waals surface area contributed by atoms with Crippen LogP contribution in [0.15, 0.2) is 12.7 Å². The lowest BCUT2D eigenvalue weighted by Crippen LogP contribution is -2.33. The second-order valence-corrected chi connectivity index (χ2v) is 7.45. The number of urea groups is 1. The first kappa shape index (κ1) is 23.9. The lowest BCUT2D eigenvalue weighted by molar-refractivity contribution is -0.0504. The van der Waals surface area contributed by atoms with E-state index in [1.54, 1.807) is 0 Å². The van der Waals surface area contributed by atoms with Gasteiger partial charge in [-0.1, -0.05) is 6.92 Å². The summed E-state index contributed by atoms with van der Waals surface area (Å²) in [6, 6.07) is -0.443. The van der Waals surface area contributed by atoms with E-state index in [1.807, 2.05) is 6.92 Å². The number of primary amides is 1. The van der Waals surface area contributed by atoms with E-state index in [4.69, 9.17) is 26.0 Å². The number of aliphatic hydroxyl groups excluding tert-OH is 2. The molecule has 3 rings (SSSR count). The zero-order chi connectivity index (χ0) is 22.5. The van der Waals surface area contributed by atoms with Crippen LogP contribution in [0, 0.1) is 0 Å². The van der Waals surface area contributed by atoms with Crippen molar-refractivity contribution in [3.8, 4) is 0 Å². The minimum absolute atomic E-state index is 0.142. The maximum atomic E-state index is 10.7. The van der Waals surface area contributed by atoms with Gasteiger partial charge in [0.25, 0.3) is 0 Å². The van der Waals surface area contributed by atoms with Gasteiger partial charge in [0, 0.05) is 6.54 Å². The van der Waals surface area contributed by atoms with E-state index < -0.39 is 45.0 Å². The fraction of sp³-hybridized carbons (Fsp3) is 0.571. The number of imidazole rings is 1. The molecule has 0 radical (unpaired) electrons. The van der Waals surface area contributed by atoms with Gasteiger partial charge < -0.3 is 41.5 Å². The SMILES string of the molecule is CCCNC(N)=O.Nc1ncnc2c1ncn2[C@@H]1O[C@H](COP(=O)(O)O)[C@@H](O)[C@H]1O. The van der Waals surface area contributed by atoms with Gasteiger partial charge in [0.15, 0.2) is 17.7 Å². The standard InChI is InChI=1S/C10H14N5O7P.C4H10N2O/c11-8-5-9(13-2-12-8)15(3-14-5)10-7(17)6(16)4(22-10)1-21-23(18,19)20;1-2-3-6-4(5)7/h2-4,6-7,10,16-17H,1H2,(H2,11,12,13)(H2,18,19,20);2-3H2,1H3,(H3,5,6,7)/t4-,6-,7-,10-;/m1./s1. The van der Waals surface area contributed by atoms with Crippen molar-refractivity contribution in [3.63, 3.8) is 0 Å². The number of fused-ring (bicyclic) bond motifs is 1. The molecule has 1 saturated heterocycles. The molecule has 2 amide bonds. The monoisotopic (exact) mass is 449 g/mol. The van der Waals surface area contributed by atoms with E-state index in [1.165, 1.54) is 17.2 Å². The number of hydrogen-bond acceptors (Lipinski definition) is 10. The van der Waals surface area contributed by atoms with Crippen molar-refractivity contribution in [1.82, 2.24) is 24.8 Å². The molecule has 1 aliphatic rings. The Hall–Kier alpha value is -2.39. The summed E-state index contributed by atoms with van der Waals surface area (Å²) < 4.78 is 21.8. The topological polar surface area (TPSA) is 241 Å². The van der Waals surface area contributed by atoms with Crippen molar-refractivity contribution in [3.05, 3.63) is 12.7 Å². The molecule has 0 aliphatic carbocycles. The molecule has 15 nitrogen and oxygen atoms in total. The van der Waals surface area contributed by atoms with Crippen LogP contribution in [0.3, 0.4) is 0 Å². The summed E-state index contributed by atoms with van der Waals surface area (Å²) in [5.74, 6) is 0.142. The van der Waals surface area contributed by atoms with Crippen molar-refractivity contribution >= 4 is 30.8 Å². The third kappa shape index (κ3) is 6.06. The number of nitrogen functional groups attached to an aromatic ring is 1. The number of phosphoric ester groups is 1. The van der Waals surface area contributed by atoms with Crippen LogP contribution in [0.1, 0.15) is 19.6 Å². The molecule has 9 N–H and O–H groups in total. The Morgan fingerprint density at radius 2 is 2.03 bits per heavy atom. The molecule has 2 aromatic rings. The Bertz CT molecular complexity index is 906. The molecule has 0 spiro atoms. The van der Waals surface area contributed by atoms with Crippen LogP contribution in [0.5, 0.6) is 0 Å². The molecular formula is C14H24N7O8P. The molecule has 0 saturated carbocycles. The van der Waals surface area contributed by atoms with Gasteiger partial charge in [0.05, 0.1) is 12.9 Å². The largest absolute Gasteiger partial charge is 0.469 e. The third-order valence-corrected chi connectivity index (χ3v) is 4.44. The average molecular weight is 449 g/mol. The minimum atomic E-state index is -4.72. The second-order valence-electron chi connectivity index (χ2n) is 6.21. The van der Waals surface area contributed by atoms with Crippen LogP contribution < -0.4 is 16.8 Å². The van der Waals surface area contributed by atoms with E-state index in [0.717, 1.165) is 6.42 Å². The predicted octanol–water partition coefficient (Wildman–Crippen LogP) is -1.80. The molecule has 1 aliphatic heterocycles. The maximum Gasteiger partial charge on any atom is 0.469 e. The van der Waals surface area contributed by atoms with E-state index in [-0.39, 0.29) is 11.5 Å². The van der Waals surface area contributed by atoms with Gasteiger partial charge in [-0.25, -0.2) is 24.3 Å². The number of amides is 2. The molecule has 168 valence electrons. The van der Waals surface area contributed by atoms with E-state index in [0.29, 0.717) is 12.1 Å². The summed E-state index contributed by atoms with van der Waals surface area (Å²) in [6.45, 7) is 2.05. The van der Waals surface area contributed by atoms with Crippen molar-refractivity contribution in [2.24, 2.45) is 5.73 Å². The summed E-state index contributed by atoms with van der Waals surface area (Å²) in [5, 5.41) is 22.5. The van der Waals surface area contributed by atoms with Crippen molar-refractivity contribution in [2.45, 2.75) is 37.9 Å². The highest BCUT2D eigenvalue weighted by atomic mass is 31.2. The number of rotatable bonds is 6. The Labute approximate surface area is 170 Å². The normalized spacial score (nSPS) is 23.8. The lowest BCUT2D eigenvalue weighted by atomic mass is 10.1. The molecule has 16 heteroatoms. The number of phosphoric acid groups is 1. The first-order valence-electron chi connectivity index (χ1n) is 8.73. The number of aliphatic hydroxyl groups is 2. The molecule has 0 bridgehead atoms. The van der Waals surface area contributed by atoms with Gasteiger partial charge >= 0.3 is 13.9 Å². The summed E-state index contributed by atoms with van der Waals surface area (Å²) in [4.78, 5) is 39.1. The van der Waals surface area contributed by atoms with Crippen molar-refractivity contribution in [1.29, 1.82) is 0 Å². The summed E-state index contributed by atoms with van der Waals surface area (Å²) in [7, 11) is -4.72. The van der Waals surface area contributed by atoms with Gasteiger partial charge in [0.1, 0.15) is 30.2 Å². The Morgan fingerprint density at radius 3 is 2.60 bits per heavy atom. The quantitative estimate of drug-likeness (QED) is 0.242. The average Bonchev–Trinajstić information content (AvgIpc) is 3.21. The van der Waals surface area contributed by atoms with E-state index in [2.05, 4.69) is 24.8 Å². The third-order valence-electron chi connectivity index (χ3n) is 3.95. The van der Waals surface area contributed by atoms with Crippen LogP contribution in [0.4, 0.5) is 10.6 Å². The second kappa shape index (κ2) is 10.1. The molecule has 1 fully saturated rings. The van der Waals surface area contributed by atoms with Gasteiger partial charge in [-0.05, 0) is 6.42 Å². The van der Waals surface area contributed by atoms with Crippen LogP contribution in [0.2, 0.25) is 0 Å². The summed E-state index contributed by atoms with van der Waals surface area (Å²) >= 11 is 0. The minimum Gasteiger partial charge on any atom is -0.387 e. The summed E-state index contributed by atoms with van der Waals surface area (Å²) in [6.07, 6.45) is -1.56. The number of nitrogens with two attached hydrogens (primary N) is 2. The molecule has 30 heavy (non-hydrogen) atoms. The number of nitrogens with zero attached hydrogens (tertiary/aromatic N) is 4. The number of carbonyl (C=O) groups is 1. The number of anilines is 1. The molecular weight excluding hydrogens is 425 g/mol. The summed E-state index contributed by atoms with van der Waals surface area (Å²) in [5.41, 5.74) is 11.0. The maximum absolute atomic E-state index is 10.7. The Kier molecular flexibility index (Phi) is 8.03. The molecule has 3 heterocycles. The highest BCUT2D eigenvalue weighted by Crippen LogP contribution is 2.38. The van der Waals surface area contributed by atoms with Crippen LogP contribution >= 0.6 is 7.82 Å².